The van der Waals surface area contributed by atoms with E-state index in [1.165, 1.54) is 11.0 Å². The summed E-state index contributed by atoms with van der Waals surface area (Å²) in [7, 11) is 0. The fourth-order valence-corrected chi connectivity index (χ4v) is 6.80. The number of amides is 2. The molecular formula is C30H39BrF3N5O3S. The topological polar surface area (TPSA) is 78.0 Å². The summed E-state index contributed by atoms with van der Waals surface area (Å²) in [6, 6.07) is 6.16. The van der Waals surface area contributed by atoms with Crippen molar-refractivity contribution in [2.75, 3.05) is 61.8 Å². The Kier molecular flexibility index (Phi) is 11.1. The highest BCUT2D eigenvalue weighted by Gasteiger charge is 2.36. The highest BCUT2D eigenvalue weighted by atomic mass is 79.9. The number of hydrogen-bond acceptors (Lipinski definition) is 7. The van der Waals surface area contributed by atoms with E-state index in [1.54, 1.807) is 55.9 Å². The number of alkyl halides is 3. The van der Waals surface area contributed by atoms with Crippen LogP contribution in [0.2, 0.25) is 0 Å². The Hall–Kier alpha value is -2.67. The number of nitrogens with zero attached hydrogens (tertiary/aromatic N) is 4. The number of piperidine rings is 1. The van der Waals surface area contributed by atoms with Crippen LogP contribution in [-0.2, 0) is 15.7 Å². The molecule has 0 spiro atoms. The Labute approximate surface area is 263 Å². The minimum absolute atomic E-state index is 0.00556. The highest BCUT2D eigenvalue weighted by molar-refractivity contribution is 9.10. The van der Waals surface area contributed by atoms with E-state index < -0.39 is 23.4 Å². The zero-order chi connectivity index (χ0) is 31.2. The Bertz CT molecular complexity index is 1260. The molecule has 13 heteroatoms. The standard InChI is InChI=1S/C30H39BrF3N5O3S/c1-29(2,3)42-28(41)39-16-14-37(15-17-39)25-5-4-22(18-23(25)30(32,33)34)36-11-7-27(40)38-12-8-21(9-13-38)20-43-26-6-10-35-19-24(26)31/h4-6,10,18-19,21,36H,7-9,11-17,20H2,1-3H3. The van der Waals surface area contributed by atoms with Crippen LogP contribution in [0.15, 0.2) is 46.0 Å². The largest absolute Gasteiger partial charge is 0.444 e. The van der Waals surface area contributed by atoms with E-state index in [1.807, 2.05) is 11.0 Å². The second kappa shape index (κ2) is 14.4. The second-order valence-corrected chi connectivity index (χ2v) is 13.7. The van der Waals surface area contributed by atoms with Gasteiger partial charge in [0.15, 0.2) is 0 Å². The molecule has 0 unspecified atom stereocenters. The lowest BCUT2D eigenvalue weighted by Gasteiger charge is -2.37. The van der Waals surface area contributed by atoms with Gasteiger partial charge in [0, 0.05) is 91.1 Å². The maximum absolute atomic E-state index is 14.1. The number of ether oxygens (including phenoxy) is 1. The molecule has 0 saturated carbocycles. The summed E-state index contributed by atoms with van der Waals surface area (Å²) in [6.45, 7) is 8.02. The number of pyridine rings is 1. The van der Waals surface area contributed by atoms with Crippen molar-refractivity contribution in [1.82, 2.24) is 14.8 Å². The van der Waals surface area contributed by atoms with Crippen molar-refractivity contribution in [3.05, 3.63) is 46.7 Å². The lowest BCUT2D eigenvalue weighted by atomic mass is 9.99. The molecule has 0 atom stereocenters. The molecule has 0 aliphatic carbocycles. The van der Waals surface area contributed by atoms with Gasteiger partial charge < -0.3 is 24.8 Å². The van der Waals surface area contributed by atoms with Crippen molar-refractivity contribution in [2.45, 2.75) is 56.7 Å². The van der Waals surface area contributed by atoms with Gasteiger partial charge in [-0.25, -0.2) is 4.79 Å². The van der Waals surface area contributed by atoms with Gasteiger partial charge in [0.1, 0.15) is 5.60 Å². The quantitative estimate of drug-likeness (QED) is 0.308. The molecule has 8 nitrogen and oxygen atoms in total. The van der Waals surface area contributed by atoms with Crippen LogP contribution in [0.3, 0.4) is 0 Å². The first-order chi connectivity index (χ1) is 20.3. The number of carbonyl (C=O) groups is 2. The van der Waals surface area contributed by atoms with Gasteiger partial charge in [0.2, 0.25) is 5.91 Å². The predicted molar refractivity (Wildman–Crippen MR) is 167 cm³/mol. The van der Waals surface area contributed by atoms with Crippen molar-refractivity contribution >= 4 is 51.1 Å². The molecule has 4 rings (SSSR count). The van der Waals surface area contributed by atoms with Crippen LogP contribution < -0.4 is 10.2 Å². The van der Waals surface area contributed by atoms with Gasteiger partial charge in [0.25, 0.3) is 0 Å². The maximum Gasteiger partial charge on any atom is 0.418 e. The third-order valence-electron chi connectivity index (χ3n) is 7.42. The lowest BCUT2D eigenvalue weighted by Crippen LogP contribution is -2.50. The summed E-state index contributed by atoms with van der Waals surface area (Å²) in [5.74, 6) is 1.50. The first-order valence-electron chi connectivity index (χ1n) is 14.5. The van der Waals surface area contributed by atoms with Crippen molar-refractivity contribution in [3.8, 4) is 0 Å². The lowest BCUT2D eigenvalue weighted by molar-refractivity contribution is -0.137. The maximum atomic E-state index is 14.1. The summed E-state index contributed by atoms with van der Waals surface area (Å²) in [6.07, 6.45) is 0.607. The Morgan fingerprint density at radius 3 is 2.37 bits per heavy atom. The second-order valence-electron chi connectivity index (χ2n) is 11.8. The summed E-state index contributed by atoms with van der Waals surface area (Å²) >= 11 is 5.31. The molecule has 1 aromatic carbocycles. The smallest absolute Gasteiger partial charge is 0.418 e. The molecule has 2 aliphatic heterocycles. The minimum atomic E-state index is -4.55. The van der Waals surface area contributed by atoms with Crippen LogP contribution in [0.5, 0.6) is 0 Å². The molecule has 0 radical (unpaired) electrons. The van der Waals surface area contributed by atoms with E-state index in [0.717, 1.165) is 34.0 Å². The molecule has 3 heterocycles. The van der Waals surface area contributed by atoms with Gasteiger partial charge in [-0.2, -0.15) is 13.2 Å². The van der Waals surface area contributed by atoms with E-state index in [4.69, 9.17) is 4.74 Å². The van der Waals surface area contributed by atoms with Crippen LogP contribution in [0.1, 0.15) is 45.6 Å². The van der Waals surface area contributed by atoms with Crippen LogP contribution in [0.4, 0.5) is 29.3 Å². The van der Waals surface area contributed by atoms with E-state index in [-0.39, 0.29) is 50.7 Å². The molecule has 2 aromatic rings. The van der Waals surface area contributed by atoms with Gasteiger partial charge >= 0.3 is 12.3 Å². The molecule has 2 amide bonds. The predicted octanol–water partition coefficient (Wildman–Crippen LogP) is 6.75. The van der Waals surface area contributed by atoms with Crippen LogP contribution in [0, 0.1) is 5.92 Å². The summed E-state index contributed by atoms with van der Waals surface area (Å²) in [4.78, 5) is 35.4. The third-order valence-corrected chi connectivity index (χ3v) is 9.62. The summed E-state index contributed by atoms with van der Waals surface area (Å²) in [5.41, 5.74) is -0.988. The number of carbonyl (C=O) groups excluding carboxylic acids is 2. The Balaban J connectivity index is 1.24. The zero-order valence-electron chi connectivity index (χ0n) is 24.8. The fourth-order valence-electron chi connectivity index (χ4n) is 5.11. The fraction of sp³-hybridized carbons (Fsp3) is 0.567. The van der Waals surface area contributed by atoms with Crippen molar-refractivity contribution in [1.29, 1.82) is 0 Å². The normalized spacial score (nSPS) is 16.8. The number of nitrogens with one attached hydrogen (secondary N) is 1. The number of benzene rings is 1. The molecular weight excluding hydrogens is 647 g/mol. The third kappa shape index (κ3) is 9.66. The Morgan fingerprint density at radius 2 is 1.74 bits per heavy atom. The van der Waals surface area contributed by atoms with E-state index in [9.17, 15) is 22.8 Å². The van der Waals surface area contributed by atoms with Gasteiger partial charge in [-0.3, -0.25) is 9.78 Å². The van der Waals surface area contributed by atoms with E-state index >= 15 is 0 Å². The molecule has 236 valence electrons. The average Bonchev–Trinajstić information content (AvgIpc) is 2.96. The highest BCUT2D eigenvalue weighted by Crippen LogP contribution is 2.39. The van der Waals surface area contributed by atoms with Crippen LogP contribution >= 0.6 is 27.7 Å². The van der Waals surface area contributed by atoms with E-state index in [0.29, 0.717) is 24.7 Å². The number of halogens is 4. The molecule has 2 fully saturated rings. The van der Waals surface area contributed by atoms with Crippen molar-refractivity contribution in [2.24, 2.45) is 5.92 Å². The van der Waals surface area contributed by atoms with E-state index in [2.05, 4.69) is 26.2 Å². The van der Waals surface area contributed by atoms with Gasteiger partial charge in [-0.1, -0.05) is 0 Å². The number of anilines is 2. The molecule has 2 saturated heterocycles. The van der Waals surface area contributed by atoms with Crippen molar-refractivity contribution in [3.63, 3.8) is 0 Å². The van der Waals surface area contributed by atoms with Crippen LogP contribution in [-0.4, -0.2) is 84.0 Å². The zero-order valence-corrected chi connectivity index (χ0v) is 27.2. The molecule has 43 heavy (non-hydrogen) atoms. The van der Waals surface area contributed by atoms with Gasteiger partial charge in [-0.15, -0.1) is 11.8 Å². The van der Waals surface area contributed by atoms with Crippen molar-refractivity contribution < 1.29 is 27.5 Å². The summed E-state index contributed by atoms with van der Waals surface area (Å²) < 4.78 is 48.6. The molecule has 2 aliphatic rings. The number of rotatable bonds is 8. The van der Waals surface area contributed by atoms with Gasteiger partial charge in [0.05, 0.1) is 5.56 Å². The first-order valence-corrected chi connectivity index (χ1v) is 16.3. The van der Waals surface area contributed by atoms with Crippen LogP contribution in [0.25, 0.3) is 0 Å². The number of hydrogen-bond donors (Lipinski definition) is 1. The average molecular weight is 687 g/mol. The first kappa shape index (κ1) is 33.2. The number of aromatic nitrogens is 1. The minimum Gasteiger partial charge on any atom is -0.444 e. The molecule has 0 bridgehead atoms. The number of thioether (sulfide) groups is 1. The Morgan fingerprint density at radius 1 is 1.05 bits per heavy atom. The monoisotopic (exact) mass is 685 g/mol. The SMILES string of the molecule is CC(C)(C)OC(=O)N1CCN(c2ccc(NCCC(=O)N3CCC(CSc4ccncc4Br)CC3)cc2C(F)(F)F)CC1. The van der Waals surface area contributed by atoms with Gasteiger partial charge in [-0.05, 0) is 79.7 Å². The number of piperazine rings is 1. The molecule has 1 N–H and O–H groups in total. The summed E-state index contributed by atoms with van der Waals surface area (Å²) in [5, 5.41) is 3.01. The molecule has 1 aromatic heterocycles. The number of likely N-dealkylation sites (tertiary alicyclic amines) is 1.